The Morgan fingerprint density at radius 1 is 1.20 bits per heavy atom. The molecule has 2 heteroatoms. The molecule has 0 heterocycles. The topological polar surface area (TPSA) is 20.2 Å². The molecule has 2 nitrogen and oxygen atoms in total. The summed E-state index contributed by atoms with van der Waals surface area (Å²) < 4.78 is 0.819. The summed E-state index contributed by atoms with van der Waals surface area (Å²) >= 11 is 0. The molecule has 82 valence electrons. The number of hydrogen-bond acceptors (Lipinski definition) is 1. The molecule has 0 unspecified atom stereocenters. The lowest BCUT2D eigenvalue weighted by Gasteiger charge is -2.27. The maximum Gasteiger partial charge on any atom is 0.102 e. The fourth-order valence-corrected chi connectivity index (χ4v) is 1.40. The van der Waals surface area contributed by atoms with Gasteiger partial charge in [0.1, 0.15) is 6.54 Å². The molecule has 1 rings (SSSR count). The van der Waals surface area contributed by atoms with E-state index in [0.29, 0.717) is 0 Å². The molecule has 1 aromatic rings. The molecule has 0 spiro atoms. The summed E-state index contributed by atoms with van der Waals surface area (Å²) in [6.45, 7) is 1.97. The van der Waals surface area contributed by atoms with Crippen molar-refractivity contribution in [1.29, 1.82) is 0 Å². The van der Waals surface area contributed by atoms with Crippen LogP contribution in [0.5, 0.6) is 0 Å². The van der Waals surface area contributed by atoms with Gasteiger partial charge in [0.15, 0.2) is 0 Å². The molecular formula is C13H20NO+. The summed E-state index contributed by atoms with van der Waals surface area (Å²) in [5.74, 6) is 0. The number of aliphatic hydroxyl groups excluding tert-OH is 1. The first-order valence-corrected chi connectivity index (χ1v) is 5.28. The van der Waals surface area contributed by atoms with Crippen molar-refractivity contribution in [2.24, 2.45) is 0 Å². The molecule has 0 aliphatic carbocycles. The molecule has 15 heavy (non-hydrogen) atoms. The van der Waals surface area contributed by atoms with Gasteiger partial charge in [-0.3, -0.25) is 0 Å². The zero-order valence-electron chi connectivity index (χ0n) is 9.56. The van der Waals surface area contributed by atoms with Crippen LogP contribution in [0, 0.1) is 0 Å². The molecule has 0 fully saturated rings. The first-order valence-electron chi connectivity index (χ1n) is 5.28. The van der Waals surface area contributed by atoms with E-state index in [9.17, 15) is 0 Å². The van der Waals surface area contributed by atoms with Crippen molar-refractivity contribution in [3.05, 3.63) is 42.0 Å². The van der Waals surface area contributed by atoms with Crippen molar-refractivity contribution in [2.75, 3.05) is 33.8 Å². The van der Waals surface area contributed by atoms with Crippen LogP contribution in [-0.2, 0) is 0 Å². The molecular weight excluding hydrogens is 186 g/mol. The van der Waals surface area contributed by atoms with Crippen LogP contribution in [0.1, 0.15) is 5.56 Å². The fourth-order valence-electron chi connectivity index (χ4n) is 1.40. The lowest BCUT2D eigenvalue weighted by atomic mass is 10.2. The number of rotatable bonds is 5. The first-order chi connectivity index (χ1) is 7.14. The van der Waals surface area contributed by atoms with Gasteiger partial charge >= 0.3 is 0 Å². The minimum Gasteiger partial charge on any atom is -0.391 e. The Hall–Kier alpha value is -1.12. The Labute approximate surface area is 92.1 Å². The summed E-state index contributed by atoms with van der Waals surface area (Å²) in [6.07, 6.45) is 4.28. The molecule has 0 atom stereocenters. The van der Waals surface area contributed by atoms with E-state index in [1.165, 1.54) is 5.56 Å². The van der Waals surface area contributed by atoms with Crippen LogP contribution in [0.25, 0.3) is 6.08 Å². The average molecular weight is 206 g/mol. The average Bonchev–Trinajstić information content (AvgIpc) is 2.19. The number of hydrogen-bond donors (Lipinski definition) is 1. The van der Waals surface area contributed by atoms with Gasteiger partial charge in [-0.2, -0.15) is 0 Å². The smallest absolute Gasteiger partial charge is 0.102 e. The Bertz CT molecular complexity index is 304. The molecule has 0 saturated heterocycles. The van der Waals surface area contributed by atoms with E-state index in [2.05, 4.69) is 38.4 Å². The van der Waals surface area contributed by atoms with Crippen molar-refractivity contribution in [3.8, 4) is 0 Å². The highest BCUT2D eigenvalue weighted by molar-refractivity contribution is 5.48. The van der Waals surface area contributed by atoms with Crippen molar-refractivity contribution >= 4 is 6.08 Å². The lowest BCUT2D eigenvalue weighted by molar-refractivity contribution is -0.884. The van der Waals surface area contributed by atoms with Crippen LogP contribution in [0.4, 0.5) is 0 Å². The third kappa shape index (κ3) is 4.77. The molecule has 1 N–H and O–H groups in total. The summed E-state index contributed by atoms with van der Waals surface area (Å²) in [4.78, 5) is 0. The van der Waals surface area contributed by atoms with E-state index in [4.69, 9.17) is 5.11 Å². The number of quaternary nitrogens is 1. The summed E-state index contributed by atoms with van der Waals surface area (Å²) in [5, 5.41) is 8.88. The third-order valence-corrected chi connectivity index (χ3v) is 2.41. The highest BCUT2D eigenvalue weighted by Gasteiger charge is 2.10. The van der Waals surface area contributed by atoms with E-state index >= 15 is 0 Å². The molecule has 0 aliphatic rings. The van der Waals surface area contributed by atoms with Crippen LogP contribution in [0.2, 0.25) is 0 Å². The maximum absolute atomic E-state index is 8.88. The van der Waals surface area contributed by atoms with Gasteiger partial charge in [0.25, 0.3) is 0 Å². The van der Waals surface area contributed by atoms with Gasteiger partial charge in [0, 0.05) is 0 Å². The number of likely N-dealkylation sites (N-methyl/N-ethyl adjacent to an activating group) is 1. The highest BCUT2D eigenvalue weighted by atomic mass is 16.3. The predicted octanol–water partition coefficient (Wildman–Crippen LogP) is 1.77. The van der Waals surface area contributed by atoms with Crippen molar-refractivity contribution in [1.82, 2.24) is 0 Å². The van der Waals surface area contributed by atoms with E-state index in [-0.39, 0.29) is 6.61 Å². The van der Waals surface area contributed by atoms with Gasteiger partial charge in [-0.05, 0) is 11.6 Å². The molecule has 0 radical (unpaired) electrons. The van der Waals surface area contributed by atoms with Gasteiger partial charge in [-0.1, -0.05) is 36.4 Å². The summed E-state index contributed by atoms with van der Waals surface area (Å²) in [6, 6.07) is 10.3. The van der Waals surface area contributed by atoms with Gasteiger partial charge in [0.2, 0.25) is 0 Å². The Kier molecular flexibility index (Phi) is 4.53. The number of benzene rings is 1. The fraction of sp³-hybridized carbons (Fsp3) is 0.385. The number of aliphatic hydroxyl groups is 1. The van der Waals surface area contributed by atoms with Crippen LogP contribution >= 0.6 is 0 Å². The molecule has 0 aliphatic heterocycles. The monoisotopic (exact) mass is 206 g/mol. The van der Waals surface area contributed by atoms with Gasteiger partial charge < -0.3 is 9.59 Å². The maximum atomic E-state index is 8.88. The summed E-state index contributed by atoms with van der Waals surface area (Å²) in [5.41, 5.74) is 1.22. The predicted molar refractivity (Wildman–Crippen MR) is 64.4 cm³/mol. The van der Waals surface area contributed by atoms with Gasteiger partial charge in [0.05, 0.1) is 27.2 Å². The van der Waals surface area contributed by atoms with Gasteiger partial charge in [-0.15, -0.1) is 0 Å². The second-order valence-electron chi connectivity index (χ2n) is 4.38. The minimum absolute atomic E-state index is 0.242. The molecule has 0 amide bonds. The van der Waals surface area contributed by atoms with Crippen molar-refractivity contribution < 1.29 is 9.59 Å². The zero-order valence-corrected chi connectivity index (χ0v) is 9.56. The standard InChI is InChI=1S/C13H20NO/c1-14(2,11-12-15)10-6-9-13-7-4-3-5-8-13/h3-9,15H,10-12H2,1-2H3/q+1. The Balaban J connectivity index is 2.46. The summed E-state index contributed by atoms with van der Waals surface area (Å²) in [7, 11) is 4.23. The zero-order chi connectivity index (χ0) is 11.1. The molecule has 0 saturated carbocycles. The van der Waals surface area contributed by atoms with Crippen LogP contribution < -0.4 is 0 Å². The van der Waals surface area contributed by atoms with E-state index in [1.54, 1.807) is 0 Å². The minimum atomic E-state index is 0.242. The highest BCUT2D eigenvalue weighted by Crippen LogP contribution is 2.03. The van der Waals surface area contributed by atoms with Crippen LogP contribution in [0.3, 0.4) is 0 Å². The SMILES string of the molecule is C[N+](C)(CC=Cc1ccccc1)CCO. The molecule has 0 aromatic heterocycles. The Morgan fingerprint density at radius 3 is 2.47 bits per heavy atom. The molecule has 1 aromatic carbocycles. The van der Waals surface area contributed by atoms with Crippen molar-refractivity contribution in [2.45, 2.75) is 0 Å². The number of nitrogens with zero attached hydrogens (tertiary/aromatic N) is 1. The van der Waals surface area contributed by atoms with Gasteiger partial charge in [-0.25, -0.2) is 0 Å². The van der Waals surface area contributed by atoms with E-state index in [1.807, 2.05) is 18.2 Å². The largest absolute Gasteiger partial charge is 0.391 e. The molecule has 0 bridgehead atoms. The van der Waals surface area contributed by atoms with Crippen LogP contribution in [0.15, 0.2) is 36.4 Å². The van der Waals surface area contributed by atoms with Crippen molar-refractivity contribution in [3.63, 3.8) is 0 Å². The first kappa shape index (κ1) is 12.0. The van der Waals surface area contributed by atoms with Crippen LogP contribution in [-0.4, -0.2) is 43.4 Å². The quantitative estimate of drug-likeness (QED) is 0.728. The second-order valence-corrected chi connectivity index (χ2v) is 4.38. The van der Waals surface area contributed by atoms with E-state index in [0.717, 1.165) is 17.6 Å². The lowest BCUT2D eigenvalue weighted by Crippen LogP contribution is -2.41. The normalized spacial score (nSPS) is 12.2. The van der Waals surface area contributed by atoms with E-state index < -0.39 is 0 Å². The third-order valence-electron chi connectivity index (χ3n) is 2.41. The Morgan fingerprint density at radius 2 is 1.87 bits per heavy atom. The second kappa shape index (κ2) is 5.69.